The Labute approximate surface area is 47.9 Å². The minimum absolute atomic E-state index is 0.709. The van der Waals surface area contributed by atoms with Gasteiger partial charge in [0.25, 0.3) is 0 Å². The number of hydrazine groups is 1. The molecule has 4 heteroatoms. The maximum Gasteiger partial charge on any atom is 0.0383 e. The van der Waals surface area contributed by atoms with Gasteiger partial charge < -0.3 is 0 Å². The van der Waals surface area contributed by atoms with E-state index in [2.05, 4.69) is 0 Å². The van der Waals surface area contributed by atoms with Gasteiger partial charge in [0.15, 0.2) is 0 Å². The van der Waals surface area contributed by atoms with Crippen LogP contribution in [-0.4, -0.2) is 18.0 Å². The fraction of sp³-hybridized carbons (Fsp3) is 1.00. The molecule has 2 N–H and O–H groups in total. The maximum atomic E-state index is 5.17. The molecule has 0 spiro atoms. The lowest BCUT2D eigenvalue weighted by Gasteiger charge is -2.08. The van der Waals surface area contributed by atoms with Gasteiger partial charge in [0.2, 0.25) is 0 Å². The van der Waals surface area contributed by atoms with E-state index >= 15 is 0 Å². The molecule has 0 bridgehead atoms. The van der Waals surface area contributed by atoms with E-state index in [9.17, 15) is 0 Å². The molecule has 7 heavy (non-hydrogen) atoms. The average Bonchev–Trinajstić information content (AvgIpc) is 1.68. The smallest absolute Gasteiger partial charge is 0.0383 e. The molecule has 0 radical (unpaired) electrons. The molecule has 0 saturated heterocycles. The van der Waals surface area contributed by atoms with Crippen LogP contribution in [0.4, 0.5) is 0 Å². The molecule has 44 valence electrons. The van der Waals surface area contributed by atoms with E-state index in [1.807, 2.05) is 13.2 Å². The van der Waals surface area contributed by atoms with Crippen LogP contribution in [0.15, 0.2) is 0 Å². The zero-order valence-corrected chi connectivity index (χ0v) is 5.36. The number of nitrogens with two attached hydrogens (primary N) is 1. The normalized spacial score (nSPS) is 10.3. The number of hydroxylamine groups is 1. The van der Waals surface area contributed by atoms with Crippen LogP contribution in [0.25, 0.3) is 0 Å². The van der Waals surface area contributed by atoms with Gasteiger partial charge in [-0.2, -0.15) is 0 Å². The van der Waals surface area contributed by atoms with Crippen molar-refractivity contribution in [2.75, 3.05) is 12.8 Å². The lowest BCUT2D eigenvalue weighted by atomic mass is 10.8. The highest BCUT2D eigenvalue weighted by Gasteiger charge is 1.88. The second kappa shape index (κ2) is 4.39. The van der Waals surface area contributed by atoms with Gasteiger partial charge in [-0.1, -0.05) is 0 Å². The quantitative estimate of drug-likeness (QED) is 0.334. The molecule has 0 saturated carbocycles. The molecule has 0 aliphatic heterocycles. The standard InChI is InChI=1S/C3H10N2OS/c1-3-5(4)6-7-2/h3-4H2,1-2H3. The van der Waals surface area contributed by atoms with E-state index in [1.54, 1.807) is 0 Å². The highest BCUT2D eigenvalue weighted by molar-refractivity contribution is 7.93. The van der Waals surface area contributed by atoms with Crippen LogP contribution in [0.5, 0.6) is 0 Å². The Morgan fingerprint density at radius 3 is 2.57 bits per heavy atom. The maximum absolute atomic E-state index is 5.17. The molecular formula is C3H10N2OS. The Morgan fingerprint density at radius 2 is 2.43 bits per heavy atom. The van der Waals surface area contributed by atoms with Crippen molar-refractivity contribution < 1.29 is 4.28 Å². The summed E-state index contributed by atoms with van der Waals surface area (Å²) in [6.45, 7) is 2.62. The van der Waals surface area contributed by atoms with Crippen molar-refractivity contribution in [2.45, 2.75) is 6.92 Å². The Morgan fingerprint density at radius 1 is 1.86 bits per heavy atom. The average molecular weight is 122 g/mol. The van der Waals surface area contributed by atoms with E-state index < -0.39 is 0 Å². The van der Waals surface area contributed by atoms with Crippen molar-refractivity contribution in [3.05, 3.63) is 0 Å². The Bertz CT molecular complexity index is 43.9. The van der Waals surface area contributed by atoms with Crippen LogP contribution in [0.3, 0.4) is 0 Å². The zero-order valence-electron chi connectivity index (χ0n) is 4.55. The van der Waals surface area contributed by atoms with Gasteiger partial charge in [-0.15, -0.1) is 5.17 Å². The van der Waals surface area contributed by atoms with Gasteiger partial charge in [-0.3, -0.25) is 0 Å². The van der Waals surface area contributed by atoms with E-state index in [4.69, 9.17) is 10.1 Å². The SMILES string of the molecule is CCN(N)OSC. The van der Waals surface area contributed by atoms with Crippen molar-refractivity contribution >= 4 is 12.0 Å². The first-order chi connectivity index (χ1) is 3.31. The highest BCUT2D eigenvalue weighted by Crippen LogP contribution is 1.94. The van der Waals surface area contributed by atoms with Gasteiger partial charge in [-0.05, 0) is 6.92 Å². The van der Waals surface area contributed by atoms with E-state index in [0.29, 0.717) is 6.54 Å². The van der Waals surface area contributed by atoms with E-state index in [-0.39, 0.29) is 0 Å². The molecule has 0 fully saturated rings. The first-order valence-electron chi connectivity index (χ1n) is 2.04. The summed E-state index contributed by atoms with van der Waals surface area (Å²) in [6.07, 6.45) is 1.82. The third kappa shape index (κ3) is 4.08. The molecule has 0 amide bonds. The van der Waals surface area contributed by atoms with Crippen molar-refractivity contribution in [3.63, 3.8) is 0 Å². The number of nitrogens with zero attached hydrogens (tertiary/aromatic N) is 1. The van der Waals surface area contributed by atoms with E-state index in [1.165, 1.54) is 17.2 Å². The predicted octanol–water partition coefficient (Wildman–Crippen LogP) is 0.392. The molecule has 0 aromatic carbocycles. The van der Waals surface area contributed by atoms with Gasteiger partial charge >= 0.3 is 0 Å². The highest BCUT2D eigenvalue weighted by atomic mass is 32.2. The zero-order chi connectivity index (χ0) is 5.70. The first-order valence-corrected chi connectivity index (χ1v) is 3.19. The largest absolute Gasteiger partial charge is 0.244 e. The summed E-state index contributed by atoms with van der Waals surface area (Å²) in [7, 11) is 0. The van der Waals surface area contributed by atoms with Crippen molar-refractivity contribution in [3.8, 4) is 0 Å². The molecule has 0 aromatic rings. The summed E-state index contributed by atoms with van der Waals surface area (Å²) in [4.78, 5) is 0. The lowest BCUT2D eigenvalue weighted by molar-refractivity contribution is -0.0329. The van der Waals surface area contributed by atoms with Gasteiger partial charge in [0.1, 0.15) is 0 Å². The summed E-state index contributed by atoms with van der Waals surface area (Å²) in [5.41, 5.74) is 0. The van der Waals surface area contributed by atoms with Gasteiger partial charge in [0.05, 0.1) is 0 Å². The predicted molar refractivity (Wildman–Crippen MR) is 31.2 cm³/mol. The molecule has 0 atom stereocenters. The van der Waals surface area contributed by atoms with Crippen LogP contribution in [0, 0.1) is 0 Å². The third-order valence-electron chi connectivity index (χ3n) is 0.482. The fourth-order valence-corrected chi connectivity index (χ4v) is 0.445. The number of hydrogen-bond acceptors (Lipinski definition) is 4. The summed E-state index contributed by atoms with van der Waals surface area (Å²) >= 11 is 1.24. The van der Waals surface area contributed by atoms with E-state index in [0.717, 1.165) is 0 Å². The summed E-state index contributed by atoms with van der Waals surface area (Å²) in [5.74, 6) is 5.17. The molecule has 0 aliphatic carbocycles. The molecule has 3 nitrogen and oxygen atoms in total. The first kappa shape index (κ1) is 7.23. The van der Waals surface area contributed by atoms with Crippen LogP contribution < -0.4 is 5.84 Å². The molecule has 0 unspecified atom stereocenters. The second-order valence-corrected chi connectivity index (χ2v) is 1.46. The lowest BCUT2D eigenvalue weighted by Crippen LogP contribution is -2.27. The molecule has 0 aromatic heterocycles. The van der Waals surface area contributed by atoms with Crippen LogP contribution in [0.1, 0.15) is 6.92 Å². The summed E-state index contributed by atoms with van der Waals surface area (Å²) in [5, 5.41) is 1.27. The molecule has 0 heterocycles. The second-order valence-electron chi connectivity index (χ2n) is 0.975. The molecular weight excluding hydrogens is 112 g/mol. The Hall–Kier alpha value is 0.230. The third-order valence-corrected chi connectivity index (χ3v) is 0.822. The fourth-order valence-electron chi connectivity index (χ4n) is 0.148. The summed E-state index contributed by atoms with van der Waals surface area (Å²) < 4.78 is 4.72. The number of hydrogen-bond donors (Lipinski definition) is 1. The Kier molecular flexibility index (Phi) is 4.53. The van der Waals surface area contributed by atoms with Gasteiger partial charge in [-0.25, -0.2) is 10.1 Å². The monoisotopic (exact) mass is 122 g/mol. The summed E-state index contributed by atoms with van der Waals surface area (Å²) in [6, 6.07) is 0. The van der Waals surface area contributed by atoms with Gasteiger partial charge in [0, 0.05) is 24.8 Å². The molecule has 0 rings (SSSR count). The van der Waals surface area contributed by atoms with Crippen LogP contribution >= 0.6 is 12.0 Å². The minimum atomic E-state index is 0.709. The number of rotatable bonds is 3. The van der Waals surface area contributed by atoms with Crippen LogP contribution in [0.2, 0.25) is 0 Å². The topological polar surface area (TPSA) is 38.5 Å². The minimum Gasteiger partial charge on any atom is -0.244 e. The van der Waals surface area contributed by atoms with Crippen LogP contribution in [-0.2, 0) is 4.28 Å². The molecule has 0 aliphatic rings. The Balaban J connectivity index is 2.83. The van der Waals surface area contributed by atoms with Crippen molar-refractivity contribution in [1.29, 1.82) is 0 Å². The van der Waals surface area contributed by atoms with Crippen molar-refractivity contribution in [2.24, 2.45) is 5.84 Å². The van der Waals surface area contributed by atoms with Crippen molar-refractivity contribution in [1.82, 2.24) is 5.17 Å².